The van der Waals surface area contributed by atoms with Crippen LogP contribution in [0, 0.1) is 12.7 Å². The number of benzene rings is 2. The molecule has 2 aromatic carbocycles. The third-order valence-electron chi connectivity index (χ3n) is 3.63. The van der Waals surface area contributed by atoms with Crippen molar-refractivity contribution < 1.29 is 9.13 Å². The predicted octanol–water partition coefficient (Wildman–Crippen LogP) is 4.30. The molecular formula is C17H19ClFNO. The maximum absolute atomic E-state index is 14.0. The highest BCUT2D eigenvalue weighted by Gasteiger charge is 2.15. The SMILES string of the molecule is CNC(Cc1cccc(Cl)c1F)c1ccc(OC)c(C)c1. The Morgan fingerprint density at radius 1 is 1.29 bits per heavy atom. The minimum Gasteiger partial charge on any atom is -0.496 e. The zero-order valence-corrected chi connectivity index (χ0v) is 13.2. The van der Waals surface area contributed by atoms with Crippen molar-refractivity contribution in [1.29, 1.82) is 0 Å². The van der Waals surface area contributed by atoms with Crippen molar-refractivity contribution in [3.05, 3.63) is 63.9 Å². The number of aryl methyl sites for hydroxylation is 1. The lowest BCUT2D eigenvalue weighted by molar-refractivity contribution is 0.411. The number of methoxy groups -OCH3 is 1. The molecular weight excluding hydrogens is 289 g/mol. The molecule has 0 aliphatic carbocycles. The van der Waals surface area contributed by atoms with Gasteiger partial charge in [0, 0.05) is 6.04 Å². The molecule has 1 atom stereocenters. The van der Waals surface area contributed by atoms with E-state index in [2.05, 4.69) is 11.4 Å². The van der Waals surface area contributed by atoms with E-state index in [1.165, 1.54) is 0 Å². The largest absolute Gasteiger partial charge is 0.496 e. The third kappa shape index (κ3) is 3.55. The normalized spacial score (nSPS) is 12.2. The molecule has 0 saturated heterocycles. The maximum atomic E-state index is 14.0. The molecule has 4 heteroatoms. The fourth-order valence-electron chi connectivity index (χ4n) is 2.43. The monoisotopic (exact) mass is 307 g/mol. The van der Waals surface area contributed by atoms with E-state index in [-0.39, 0.29) is 16.9 Å². The highest BCUT2D eigenvalue weighted by molar-refractivity contribution is 6.30. The second-order valence-corrected chi connectivity index (χ2v) is 5.39. The van der Waals surface area contributed by atoms with Crippen LogP contribution in [-0.4, -0.2) is 14.2 Å². The zero-order chi connectivity index (χ0) is 15.4. The van der Waals surface area contributed by atoms with Gasteiger partial charge in [-0.2, -0.15) is 0 Å². The van der Waals surface area contributed by atoms with E-state index in [9.17, 15) is 4.39 Å². The first-order valence-corrected chi connectivity index (χ1v) is 7.19. The minimum absolute atomic E-state index is 0.0163. The summed E-state index contributed by atoms with van der Waals surface area (Å²) in [6, 6.07) is 11.1. The first kappa shape index (κ1) is 15.8. The average molecular weight is 308 g/mol. The zero-order valence-electron chi connectivity index (χ0n) is 12.4. The maximum Gasteiger partial charge on any atom is 0.145 e. The molecule has 0 saturated carbocycles. The van der Waals surface area contributed by atoms with Crippen LogP contribution in [-0.2, 0) is 6.42 Å². The van der Waals surface area contributed by atoms with Gasteiger partial charge < -0.3 is 10.1 Å². The van der Waals surface area contributed by atoms with Crippen molar-refractivity contribution in [2.24, 2.45) is 0 Å². The number of hydrogen-bond acceptors (Lipinski definition) is 2. The average Bonchev–Trinajstić information content (AvgIpc) is 2.48. The third-order valence-corrected chi connectivity index (χ3v) is 3.92. The van der Waals surface area contributed by atoms with Crippen molar-refractivity contribution in [3.63, 3.8) is 0 Å². The smallest absolute Gasteiger partial charge is 0.145 e. The second kappa shape index (κ2) is 6.92. The van der Waals surface area contributed by atoms with Gasteiger partial charge in [-0.1, -0.05) is 35.9 Å². The summed E-state index contributed by atoms with van der Waals surface area (Å²) in [4.78, 5) is 0. The topological polar surface area (TPSA) is 21.3 Å². The Morgan fingerprint density at radius 3 is 2.67 bits per heavy atom. The van der Waals surface area contributed by atoms with Gasteiger partial charge in [0.05, 0.1) is 12.1 Å². The molecule has 0 fully saturated rings. The standard InChI is InChI=1S/C17H19ClFNO/c1-11-9-12(7-8-16(11)21-3)15(20-2)10-13-5-4-6-14(18)17(13)19/h4-9,15,20H,10H2,1-3H3. The van der Waals surface area contributed by atoms with Crippen LogP contribution < -0.4 is 10.1 Å². The van der Waals surface area contributed by atoms with Gasteiger partial charge in [0.1, 0.15) is 11.6 Å². The first-order valence-electron chi connectivity index (χ1n) is 6.81. The van der Waals surface area contributed by atoms with Crippen LogP contribution in [0.5, 0.6) is 5.75 Å². The lowest BCUT2D eigenvalue weighted by Gasteiger charge is -2.19. The predicted molar refractivity (Wildman–Crippen MR) is 84.6 cm³/mol. The second-order valence-electron chi connectivity index (χ2n) is 4.99. The summed E-state index contributed by atoms with van der Waals surface area (Å²) < 4.78 is 19.3. The van der Waals surface area contributed by atoms with Crippen LogP contribution in [0.25, 0.3) is 0 Å². The van der Waals surface area contributed by atoms with E-state index in [0.717, 1.165) is 16.9 Å². The Balaban J connectivity index is 2.28. The van der Waals surface area contributed by atoms with Crippen LogP contribution in [0.4, 0.5) is 4.39 Å². The lowest BCUT2D eigenvalue weighted by atomic mass is 9.97. The minimum atomic E-state index is -0.343. The van der Waals surface area contributed by atoms with E-state index >= 15 is 0 Å². The first-order chi connectivity index (χ1) is 10.1. The Hall–Kier alpha value is -1.58. The van der Waals surface area contributed by atoms with Gasteiger partial charge in [0.2, 0.25) is 0 Å². The number of ether oxygens (including phenoxy) is 1. The Morgan fingerprint density at radius 2 is 2.05 bits per heavy atom. The number of halogens is 2. The van der Waals surface area contributed by atoms with Crippen molar-refractivity contribution in [1.82, 2.24) is 5.32 Å². The highest BCUT2D eigenvalue weighted by Crippen LogP contribution is 2.27. The van der Waals surface area contributed by atoms with E-state index < -0.39 is 0 Å². The van der Waals surface area contributed by atoms with Gasteiger partial charge in [0.15, 0.2) is 0 Å². The molecule has 0 aliphatic heterocycles. The number of nitrogens with one attached hydrogen (secondary N) is 1. The van der Waals surface area contributed by atoms with Gasteiger partial charge in [0.25, 0.3) is 0 Å². The van der Waals surface area contributed by atoms with Gasteiger partial charge in [-0.05, 0) is 49.2 Å². The lowest BCUT2D eigenvalue weighted by Crippen LogP contribution is -2.19. The molecule has 0 heterocycles. The summed E-state index contributed by atoms with van der Waals surface area (Å²) in [6.45, 7) is 2.00. The molecule has 0 radical (unpaired) electrons. The Bertz CT molecular complexity index is 630. The van der Waals surface area contributed by atoms with Crippen LogP contribution in [0.3, 0.4) is 0 Å². The van der Waals surface area contributed by atoms with Crippen molar-refractivity contribution in [2.75, 3.05) is 14.2 Å². The number of rotatable bonds is 5. The van der Waals surface area contributed by atoms with E-state index in [4.69, 9.17) is 16.3 Å². The molecule has 0 aliphatic rings. The summed E-state index contributed by atoms with van der Waals surface area (Å²) in [5.74, 6) is 0.507. The van der Waals surface area contributed by atoms with Crippen LogP contribution in [0.15, 0.2) is 36.4 Å². The molecule has 21 heavy (non-hydrogen) atoms. The highest BCUT2D eigenvalue weighted by atomic mass is 35.5. The molecule has 2 rings (SSSR count). The summed E-state index contributed by atoms with van der Waals surface area (Å²) in [5, 5.41) is 3.39. The fraction of sp³-hybridized carbons (Fsp3) is 0.294. The molecule has 2 aromatic rings. The van der Waals surface area contributed by atoms with Crippen molar-refractivity contribution in [2.45, 2.75) is 19.4 Å². The molecule has 1 unspecified atom stereocenters. The van der Waals surface area contributed by atoms with E-state index in [1.807, 2.05) is 26.1 Å². The molecule has 0 spiro atoms. The van der Waals surface area contributed by atoms with Crippen LogP contribution in [0.1, 0.15) is 22.7 Å². The van der Waals surface area contributed by atoms with Crippen LogP contribution >= 0.6 is 11.6 Å². The Labute approximate surface area is 129 Å². The summed E-state index contributed by atoms with van der Waals surface area (Å²) >= 11 is 5.84. The van der Waals surface area contributed by atoms with Gasteiger partial charge >= 0.3 is 0 Å². The van der Waals surface area contributed by atoms with Crippen molar-refractivity contribution >= 4 is 11.6 Å². The molecule has 0 aromatic heterocycles. The molecule has 1 N–H and O–H groups in total. The number of hydrogen-bond donors (Lipinski definition) is 1. The van der Waals surface area contributed by atoms with Gasteiger partial charge in [-0.25, -0.2) is 4.39 Å². The van der Waals surface area contributed by atoms with Crippen LogP contribution in [0.2, 0.25) is 5.02 Å². The molecule has 112 valence electrons. The summed E-state index contributed by atoms with van der Waals surface area (Å²) in [7, 11) is 3.52. The summed E-state index contributed by atoms with van der Waals surface area (Å²) in [6.07, 6.45) is 0.536. The molecule has 0 amide bonds. The quantitative estimate of drug-likeness (QED) is 0.889. The fourth-order valence-corrected chi connectivity index (χ4v) is 2.63. The van der Waals surface area contributed by atoms with E-state index in [0.29, 0.717) is 12.0 Å². The van der Waals surface area contributed by atoms with Crippen molar-refractivity contribution in [3.8, 4) is 5.75 Å². The number of likely N-dealkylation sites (N-methyl/N-ethyl adjacent to an activating group) is 1. The van der Waals surface area contributed by atoms with Gasteiger partial charge in [-0.15, -0.1) is 0 Å². The van der Waals surface area contributed by atoms with E-state index in [1.54, 1.807) is 25.3 Å². The summed E-state index contributed by atoms with van der Waals surface area (Å²) in [5.41, 5.74) is 2.76. The molecule has 2 nitrogen and oxygen atoms in total. The van der Waals surface area contributed by atoms with Gasteiger partial charge in [-0.3, -0.25) is 0 Å². The molecule has 0 bridgehead atoms. The Kier molecular flexibility index (Phi) is 5.21.